The van der Waals surface area contributed by atoms with Gasteiger partial charge >= 0.3 is 12.2 Å². The maximum absolute atomic E-state index is 12.1. The molecule has 0 saturated carbocycles. The van der Waals surface area contributed by atoms with Crippen molar-refractivity contribution < 1.29 is 24.2 Å². The molecular formula is C16H19N3O5. The number of nitrogens with one attached hydrogen (secondary N) is 1. The third-order valence-corrected chi connectivity index (χ3v) is 4.25. The Balaban J connectivity index is 1.77. The molecule has 8 heteroatoms. The summed E-state index contributed by atoms with van der Waals surface area (Å²) in [6.45, 7) is 3.87. The second-order valence-electron chi connectivity index (χ2n) is 6.07. The van der Waals surface area contributed by atoms with Gasteiger partial charge in [-0.1, -0.05) is 0 Å². The molecule has 1 aromatic rings. The Morgan fingerprint density at radius 2 is 2.17 bits per heavy atom. The second-order valence-corrected chi connectivity index (χ2v) is 6.07. The van der Waals surface area contributed by atoms with Gasteiger partial charge in [0, 0.05) is 18.7 Å². The summed E-state index contributed by atoms with van der Waals surface area (Å²) in [5.41, 5.74) is 2.21. The van der Waals surface area contributed by atoms with Crippen LogP contribution in [0.2, 0.25) is 0 Å². The molecule has 8 nitrogen and oxygen atoms in total. The van der Waals surface area contributed by atoms with E-state index in [1.165, 1.54) is 16.7 Å². The van der Waals surface area contributed by atoms with E-state index >= 15 is 0 Å². The van der Waals surface area contributed by atoms with Crippen LogP contribution >= 0.6 is 0 Å². The van der Waals surface area contributed by atoms with E-state index in [0.717, 1.165) is 5.56 Å². The van der Waals surface area contributed by atoms with E-state index in [1.807, 2.05) is 13.0 Å². The maximum atomic E-state index is 12.1. The molecule has 0 spiro atoms. The number of amides is 3. The van der Waals surface area contributed by atoms with Crippen molar-refractivity contribution in [1.29, 1.82) is 0 Å². The summed E-state index contributed by atoms with van der Waals surface area (Å²) < 4.78 is 5.25. The van der Waals surface area contributed by atoms with Crippen molar-refractivity contribution in [3.8, 4) is 0 Å². The summed E-state index contributed by atoms with van der Waals surface area (Å²) in [6, 6.07) is 5.13. The largest absolute Gasteiger partial charge is 0.465 e. The molecule has 1 fully saturated rings. The number of benzene rings is 1. The Labute approximate surface area is 139 Å². The van der Waals surface area contributed by atoms with Crippen molar-refractivity contribution in [3.63, 3.8) is 0 Å². The van der Waals surface area contributed by atoms with Gasteiger partial charge in [-0.05, 0) is 37.1 Å². The van der Waals surface area contributed by atoms with E-state index in [2.05, 4.69) is 5.32 Å². The van der Waals surface area contributed by atoms with Crippen LogP contribution in [0.3, 0.4) is 0 Å². The number of nitrogens with zero attached hydrogens (tertiary/aromatic N) is 2. The normalized spacial score (nSPS) is 22.3. The highest BCUT2D eigenvalue weighted by Crippen LogP contribution is 2.35. The van der Waals surface area contributed by atoms with Crippen molar-refractivity contribution in [1.82, 2.24) is 5.32 Å². The van der Waals surface area contributed by atoms with E-state index in [1.54, 1.807) is 12.1 Å². The van der Waals surface area contributed by atoms with Crippen LogP contribution in [0.1, 0.15) is 19.4 Å². The van der Waals surface area contributed by atoms with Crippen LogP contribution in [0.4, 0.5) is 21.0 Å². The fourth-order valence-corrected chi connectivity index (χ4v) is 3.17. The van der Waals surface area contributed by atoms with E-state index < -0.39 is 18.3 Å². The SMILES string of the molecule is CC(=O)NC[C@H]1CN(c2ccc3c(c2)C[C@@H](C)N3C(=O)O)C(=O)O1. The van der Waals surface area contributed by atoms with Gasteiger partial charge < -0.3 is 15.2 Å². The average Bonchev–Trinajstić information content (AvgIpc) is 3.03. The number of rotatable bonds is 3. The lowest BCUT2D eigenvalue weighted by Gasteiger charge is -2.19. The molecule has 0 aliphatic carbocycles. The lowest BCUT2D eigenvalue weighted by Crippen LogP contribution is -2.34. The lowest BCUT2D eigenvalue weighted by molar-refractivity contribution is -0.119. The Hall–Kier alpha value is -2.77. The van der Waals surface area contributed by atoms with Crippen LogP contribution < -0.4 is 15.1 Å². The molecule has 3 rings (SSSR count). The zero-order valence-corrected chi connectivity index (χ0v) is 13.5. The third-order valence-electron chi connectivity index (χ3n) is 4.25. The summed E-state index contributed by atoms with van der Waals surface area (Å²) in [7, 11) is 0. The van der Waals surface area contributed by atoms with Gasteiger partial charge in [0.05, 0.1) is 18.8 Å². The van der Waals surface area contributed by atoms with E-state index in [-0.39, 0.29) is 18.5 Å². The molecule has 0 bridgehead atoms. The topological polar surface area (TPSA) is 99.2 Å². The van der Waals surface area contributed by atoms with Crippen molar-refractivity contribution >= 4 is 29.5 Å². The first-order valence-corrected chi connectivity index (χ1v) is 7.74. The number of fused-ring (bicyclic) bond motifs is 1. The molecule has 0 radical (unpaired) electrons. The highest BCUT2D eigenvalue weighted by Gasteiger charge is 2.35. The molecule has 2 N–H and O–H groups in total. The van der Waals surface area contributed by atoms with Crippen LogP contribution in [0.25, 0.3) is 0 Å². The molecule has 2 aliphatic heterocycles. The first-order chi connectivity index (χ1) is 11.4. The fraction of sp³-hybridized carbons (Fsp3) is 0.438. The Bertz CT molecular complexity index is 705. The summed E-state index contributed by atoms with van der Waals surface area (Å²) in [5, 5.41) is 11.9. The number of cyclic esters (lactones) is 1. The van der Waals surface area contributed by atoms with Crippen LogP contribution in [0, 0.1) is 0 Å². The number of ether oxygens (including phenoxy) is 1. The molecule has 1 aromatic carbocycles. The molecule has 0 unspecified atom stereocenters. The second kappa shape index (κ2) is 6.03. The molecule has 1 saturated heterocycles. The Morgan fingerprint density at radius 3 is 2.83 bits per heavy atom. The highest BCUT2D eigenvalue weighted by atomic mass is 16.6. The quantitative estimate of drug-likeness (QED) is 0.875. The van der Waals surface area contributed by atoms with Gasteiger partial charge in [-0.3, -0.25) is 14.6 Å². The van der Waals surface area contributed by atoms with Gasteiger partial charge in [-0.15, -0.1) is 0 Å². The van der Waals surface area contributed by atoms with Crippen LogP contribution in [0.5, 0.6) is 0 Å². The molecule has 2 atom stereocenters. The average molecular weight is 333 g/mol. The number of hydrogen-bond acceptors (Lipinski definition) is 4. The predicted molar refractivity (Wildman–Crippen MR) is 86.4 cm³/mol. The monoisotopic (exact) mass is 333 g/mol. The number of hydrogen-bond donors (Lipinski definition) is 2. The molecule has 2 aliphatic rings. The van der Waals surface area contributed by atoms with Crippen LogP contribution in [-0.2, 0) is 16.0 Å². The van der Waals surface area contributed by atoms with Crippen LogP contribution in [0.15, 0.2) is 18.2 Å². The van der Waals surface area contributed by atoms with E-state index in [0.29, 0.717) is 24.3 Å². The third kappa shape index (κ3) is 2.86. The predicted octanol–water partition coefficient (Wildman–Crippen LogP) is 1.58. The highest BCUT2D eigenvalue weighted by molar-refractivity contribution is 5.93. The Kier molecular flexibility index (Phi) is 4.04. The van der Waals surface area contributed by atoms with Crippen molar-refractivity contribution in [2.75, 3.05) is 22.9 Å². The van der Waals surface area contributed by atoms with Crippen molar-refractivity contribution in [2.45, 2.75) is 32.4 Å². The van der Waals surface area contributed by atoms with E-state index in [4.69, 9.17) is 4.74 Å². The first kappa shape index (κ1) is 16.1. The maximum Gasteiger partial charge on any atom is 0.414 e. The van der Waals surface area contributed by atoms with Gasteiger partial charge in [0.1, 0.15) is 6.10 Å². The Morgan fingerprint density at radius 1 is 1.42 bits per heavy atom. The number of carboxylic acid groups (broad SMARTS) is 1. The van der Waals surface area contributed by atoms with Crippen LogP contribution in [-0.4, -0.2) is 48.4 Å². The van der Waals surface area contributed by atoms with Crippen molar-refractivity contribution in [3.05, 3.63) is 23.8 Å². The van der Waals surface area contributed by atoms with Crippen molar-refractivity contribution in [2.24, 2.45) is 0 Å². The number of anilines is 2. The first-order valence-electron chi connectivity index (χ1n) is 7.74. The molecule has 128 valence electrons. The standard InChI is InChI=1S/C16H19N3O5/c1-9-5-11-6-12(3-4-14(11)19(9)15(21)22)18-8-13(24-16(18)23)7-17-10(2)20/h3-4,6,9,13H,5,7-8H2,1-2H3,(H,17,20)(H,21,22)/t9-,13+/m1/s1. The summed E-state index contributed by atoms with van der Waals surface area (Å²) in [5.74, 6) is -0.176. The number of carbonyl (C=O) groups is 3. The molecular weight excluding hydrogens is 314 g/mol. The smallest absolute Gasteiger partial charge is 0.414 e. The van der Waals surface area contributed by atoms with Gasteiger partial charge in [-0.2, -0.15) is 0 Å². The number of carbonyl (C=O) groups excluding carboxylic acids is 2. The summed E-state index contributed by atoms with van der Waals surface area (Å²) in [6.07, 6.45) is -1.24. The van der Waals surface area contributed by atoms with Gasteiger partial charge in [0.2, 0.25) is 5.91 Å². The minimum absolute atomic E-state index is 0.134. The minimum atomic E-state index is -0.982. The van der Waals surface area contributed by atoms with E-state index in [9.17, 15) is 19.5 Å². The minimum Gasteiger partial charge on any atom is -0.465 e. The molecule has 0 aromatic heterocycles. The lowest BCUT2D eigenvalue weighted by atomic mass is 10.1. The summed E-state index contributed by atoms with van der Waals surface area (Å²) >= 11 is 0. The molecule has 3 amide bonds. The molecule has 24 heavy (non-hydrogen) atoms. The molecule has 2 heterocycles. The van der Waals surface area contributed by atoms with Gasteiger partial charge in [0.15, 0.2) is 0 Å². The zero-order chi connectivity index (χ0) is 17.4. The fourth-order valence-electron chi connectivity index (χ4n) is 3.17. The summed E-state index contributed by atoms with van der Waals surface area (Å²) in [4.78, 5) is 37.2. The van der Waals surface area contributed by atoms with Gasteiger partial charge in [0.25, 0.3) is 0 Å². The van der Waals surface area contributed by atoms with Gasteiger partial charge in [-0.25, -0.2) is 9.59 Å². The zero-order valence-electron chi connectivity index (χ0n) is 13.5.